The average Bonchev–Trinajstić information content (AvgIpc) is 2.91. The predicted molar refractivity (Wildman–Crippen MR) is 104 cm³/mol. The van der Waals surface area contributed by atoms with Crippen LogP contribution in [0.5, 0.6) is 5.75 Å². The maximum Gasteiger partial charge on any atom is 0.278 e. The van der Waals surface area contributed by atoms with Gasteiger partial charge in [0, 0.05) is 17.8 Å². The highest BCUT2D eigenvalue weighted by Crippen LogP contribution is 2.31. The van der Waals surface area contributed by atoms with Crippen LogP contribution in [0.4, 0.5) is 5.69 Å². The van der Waals surface area contributed by atoms with Gasteiger partial charge in [-0.2, -0.15) is 0 Å². The summed E-state index contributed by atoms with van der Waals surface area (Å²) < 4.78 is 10.2. The molecule has 140 valence electrons. The minimum Gasteiger partial charge on any atom is -0.497 e. The summed E-state index contributed by atoms with van der Waals surface area (Å²) in [7, 11) is 3.10. The van der Waals surface area contributed by atoms with Crippen molar-refractivity contribution in [3.8, 4) is 5.75 Å². The van der Waals surface area contributed by atoms with E-state index < -0.39 is 5.91 Å². The largest absolute Gasteiger partial charge is 0.497 e. The number of benzene rings is 2. The quantitative estimate of drug-likeness (QED) is 0.740. The number of hydrogen-bond acceptors (Lipinski definition) is 5. The van der Waals surface area contributed by atoms with Gasteiger partial charge in [-0.1, -0.05) is 23.7 Å². The second kappa shape index (κ2) is 8.24. The van der Waals surface area contributed by atoms with Gasteiger partial charge in [0.1, 0.15) is 11.4 Å². The molecule has 0 saturated heterocycles. The number of carbonyl (C=O) groups is 2. The van der Waals surface area contributed by atoms with Crippen molar-refractivity contribution >= 4 is 34.7 Å². The van der Waals surface area contributed by atoms with Crippen LogP contribution in [-0.4, -0.2) is 44.1 Å². The van der Waals surface area contributed by atoms with E-state index in [1.165, 1.54) is 12.0 Å². The number of hydrogen-bond donors (Lipinski definition) is 1. The number of nitrogens with zero attached hydrogens (tertiary/aromatic N) is 1. The van der Waals surface area contributed by atoms with Gasteiger partial charge in [0.05, 0.1) is 25.8 Å². The molecule has 2 aromatic rings. The van der Waals surface area contributed by atoms with Crippen LogP contribution in [0.1, 0.15) is 5.56 Å². The summed E-state index contributed by atoms with van der Waals surface area (Å²) in [6.07, 6.45) is 0. The molecule has 1 aliphatic heterocycles. The lowest BCUT2D eigenvalue weighted by Gasteiger charge is -2.14. The van der Waals surface area contributed by atoms with Gasteiger partial charge >= 0.3 is 0 Å². The molecular formula is C20H19ClN2O4. The van der Waals surface area contributed by atoms with Crippen molar-refractivity contribution < 1.29 is 19.1 Å². The van der Waals surface area contributed by atoms with Crippen molar-refractivity contribution in [2.24, 2.45) is 0 Å². The highest BCUT2D eigenvalue weighted by atomic mass is 35.5. The van der Waals surface area contributed by atoms with E-state index in [4.69, 9.17) is 21.1 Å². The number of rotatable bonds is 7. The lowest BCUT2D eigenvalue weighted by atomic mass is 10.0. The van der Waals surface area contributed by atoms with Crippen LogP contribution < -0.4 is 10.1 Å². The number of amides is 2. The lowest BCUT2D eigenvalue weighted by molar-refractivity contribution is -0.137. The lowest BCUT2D eigenvalue weighted by Crippen LogP contribution is -2.35. The van der Waals surface area contributed by atoms with Crippen LogP contribution in [-0.2, 0) is 14.3 Å². The van der Waals surface area contributed by atoms with Crippen LogP contribution in [0.15, 0.2) is 54.2 Å². The first kappa shape index (κ1) is 18.9. The first-order chi connectivity index (χ1) is 13.0. The molecule has 7 heteroatoms. The Kier molecular flexibility index (Phi) is 5.78. The van der Waals surface area contributed by atoms with Gasteiger partial charge in [-0.3, -0.25) is 14.5 Å². The summed E-state index contributed by atoms with van der Waals surface area (Å²) in [5, 5.41) is 3.63. The Labute approximate surface area is 162 Å². The highest BCUT2D eigenvalue weighted by Gasteiger charge is 2.38. The minimum absolute atomic E-state index is 0.180. The number of carbonyl (C=O) groups excluding carboxylic acids is 2. The summed E-state index contributed by atoms with van der Waals surface area (Å²) in [5.74, 6) is -0.0591. The Morgan fingerprint density at radius 2 is 1.63 bits per heavy atom. The smallest absolute Gasteiger partial charge is 0.278 e. The highest BCUT2D eigenvalue weighted by molar-refractivity contribution is 6.36. The van der Waals surface area contributed by atoms with E-state index in [1.807, 2.05) is 0 Å². The molecule has 0 aliphatic carbocycles. The summed E-state index contributed by atoms with van der Waals surface area (Å²) in [6, 6.07) is 13.9. The van der Waals surface area contributed by atoms with Gasteiger partial charge in [0.2, 0.25) is 0 Å². The number of nitrogens with one attached hydrogen (secondary N) is 1. The zero-order valence-electron chi connectivity index (χ0n) is 15.0. The zero-order valence-corrected chi connectivity index (χ0v) is 15.7. The van der Waals surface area contributed by atoms with Gasteiger partial charge in [-0.05, 0) is 42.0 Å². The standard InChI is InChI=1S/C20H19ClN2O4/c1-26-12-11-23-19(24)17(13-3-5-14(21)6-4-13)18(20(23)25)22-15-7-9-16(27-2)10-8-15/h3-10,22H,11-12H2,1-2H3. The minimum atomic E-state index is -0.391. The van der Waals surface area contributed by atoms with E-state index in [1.54, 1.807) is 55.6 Å². The first-order valence-corrected chi connectivity index (χ1v) is 8.69. The molecule has 0 fully saturated rings. The van der Waals surface area contributed by atoms with E-state index in [0.717, 1.165) is 0 Å². The fraction of sp³-hybridized carbons (Fsp3) is 0.200. The van der Waals surface area contributed by atoms with Crippen molar-refractivity contribution in [3.05, 3.63) is 64.8 Å². The number of ether oxygens (including phenoxy) is 2. The topological polar surface area (TPSA) is 67.9 Å². The number of methoxy groups -OCH3 is 2. The van der Waals surface area contributed by atoms with Crippen LogP contribution >= 0.6 is 11.6 Å². The molecule has 1 N–H and O–H groups in total. The molecule has 0 unspecified atom stereocenters. The maximum atomic E-state index is 12.9. The van der Waals surface area contributed by atoms with Crippen LogP contribution in [0.2, 0.25) is 5.02 Å². The summed E-state index contributed by atoms with van der Waals surface area (Å²) in [4.78, 5) is 27.0. The number of imide groups is 1. The first-order valence-electron chi connectivity index (χ1n) is 8.31. The number of halogens is 1. The Balaban J connectivity index is 1.99. The average molecular weight is 387 g/mol. The Morgan fingerprint density at radius 3 is 2.22 bits per heavy atom. The zero-order chi connectivity index (χ0) is 19.4. The van der Waals surface area contributed by atoms with Crippen LogP contribution in [0.25, 0.3) is 5.57 Å². The third kappa shape index (κ3) is 3.97. The molecule has 3 rings (SSSR count). The van der Waals surface area contributed by atoms with Crippen LogP contribution in [0, 0.1) is 0 Å². The molecule has 1 heterocycles. The fourth-order valence-corrected chi connectivity index (χ4v) is 2.91. The summed E-state index contributed by atoms with van der Waals surface area (Å²) in [5.41, 5.74) is 1.83. The van der Waals surface area contributed by atoms with Gasteiger partial charge < -0.3 is 14.8 Å². The Hall–Kier alpha value is -2.83. The molecule has 6 nitrogen and oxygen atoms in total. The molecule has 0 saturated carbocycles. The fourth-order valence-electron chi connectivity index (χ4n) is 2.78. The number of anilines is 1. The molecule has 0 atom stereocenters. The van der Waals surface area contributed by atoms with Crippen molar-refractivity contribution in [1.29, 1.82) is 0 Å². The second-order valence-electron chi connectivity index (χ2n) is 5.87. The Bertz CT molecular complexity index is 876. The monoisotopic (exact) mass is 386 g/mol. The molecule has 0 radical (unpaired) electrons. The third-order valence-corrected chi connectivity index (χ3v) is 4.43. The summed E-state index contributed by atoms with van der Waals surface area (Å²) in [6.45, 7) is 0.445. The second-order valence-corrected chi connectivity index (χ2v) is 6.30. The molecule has 0 aromatic heterocycles. The van der Waals surface area contributed by atoms with Crippen molar-refractivity contribution in [1.82, 2.24) is 4.90 Å². The van der Waals surface area contributed by atoms with Gasteiger partial charge in [0.25, 0.3) is 11.8 Å². The SMILES string of the molecule is COCCN1C(=O)C(Nc2ccc(OC)cc2)=C(c2ccc(Cl)cc2)C1=O. The van der Waals surface area contributed by atoms with Crippen LogP contribution in [0.3, 0.4) is 0 Å². The van der Waals surface area contributed by atoms with E-state index in [2.05, 4.69) is 5.32 Å². The normalized spacial score (nSPS) is 14.1. The van der Waals surface area contributed by atoms with Gasteiger partial charge in [-0.25, -0.2) is 0 Å². The van der Waals surface area contributed by atoms with Crippen molar-refractivity contribution in [2.45, 2.75) is 0 Å². The predicted octanol–water partition coefficient (Wildman–Crippen LogP) is 3.19. The molecule has 0 bridgehead atoms. The van der Waals surface area contributed by atoms with E-state index >= 15 is 0 Å². The van der Waals surface area contributed by atoms with Gasteiger partial charge in [0.15, 0.2) is 0 Å². The Morgan fingerprint density at radius 1 is 0.963 bits per heavy atom. The molecular weight excluding hydrogens is 368 g/mol. The molecule has 0 spiro atoms. The molecule has 27 heavy (non-hydrogen) atoms. The summed E-state index contributed by atoms with van der Waals surface area (Å²) >= 11 is 5.95. The molecule has 2 aromatic carbocycles. The van der Waals surface area contributed by atoms with E-state index in [9.17, 15) is 9.59 Å². The molecule has 1 aliphatic rings. The van der Waals surface area contributed by atoms with Crippen molar-refractivity contribution in [3.63, 3.8) is 0 Å². The van der Waals surface area contributed by atoms with Gasteiger partial charge in [-0.15, -0.1) is 0 Å². The molecule has 2 amide bonds. The maximum absolute atomic E-state index is 12.9. The van der Waals surface area contributed by atoms with E-state index in [-0.39, 0.29) is 24.8 Å². The van der Waals surface area contributed by atoms with E-state index in [0.29, 0.717) is 27.6 Å². The third-order valence-electron chi connectivity index (χ3n) is 4.18. The van der Waals surface area contributed by atoms with Crippen molar-refractivity contribution in [2.75, 3.05) is 32.7 Å².